The highest BCUT2D eigenvalue weighted by atomic mass is 16.3. The van der Waals surface area contributed by atoms with Gasteiger partial charge in [0.25, 0.3) is 0 Å². The molecule has 3 nitrogen and oxygen atoms in total. The molecule has 0 saturated carbocycles. The lowest BCUT2D eigenvalue weighted by Crippen LogP contribution is -2.46. The summed E-state index contributed by atoms with van der Waals surface area (Å²) in [5, 5.41) is 21.5. The maximum atomic E-state index is 9.28. The third-order valence-electron chi connectivity index (χ3n) is 2.06. The first-order valence-corrected chi connectivity index (χ1v) is 4.85. The van der Waals surface area contributed by atoms with Crippen molar-refractivity contribution in [3.05, 3.63) is 0 Å². The summed E-state index contributed by atoms with van der Waals surface area (Å²) in [6.45, 7) is 9.74. The Hall–Kier alpha value is -0.120. The van der Waals surface area contributed by atoms with Crippen LogP contribution in [0.1, 0.15) is 41.0 Å². The Morgan fingerprint density at radius 3 is 1.85 bits per heavy atom. The summed E-state index contributed by atoms with van der Waals surface area (Å²) >= 11 is 0. The van der Waals surface area contributed by atoms with Gasteiger partial charge in [-0.25, -0.2) is 0 Å². The van der Waals surface area contributed by atoms with Crippen LogP contribution in [0.5, 0.6) is 0 Å². The molecule has 0 amide bonds. The molecular weight excluding hydrogens is 166 g/mol. The van der Waals surface area contributed by atoms with Gasteiger partial charge in [-0.3, -0.25) is 5.32 Å². The van der Waals surface area contributed by atoms with E-state index < -0.39 is 6.23 Å². The van der Waals surface area contributed by atoms with Crippen molar-refractivity contribution in [1.82, 2.24) is 5.32 Å². The van der Waals surface area contributed by atoms with E-state index in [4.69, 9.17) is 0 Å². The zero-order valence-electron chi connectivity index (χ0n) is 9.33. The number of rotatable bonds is 4. The Kier molecular flexibility index (Phi) is 4.89. The summed E-state index contributed by atoms with van der Waals surface area (Å²) in [7, 11) is 0. The van der Waals surface area contributed by atoms with Gasteiger partial charge in [0.15, 0.2) is 0 Å². The van der Waals surface area contributed by atoms with Crippen LogP contribution in [-0.4, -0.2) is 28.6 Å². The second-order valence-electron chi connectivity index (χ2n) is 4.85. The first kappa shape index (κ1) is 12.9. The third-order valence-corrected chi connectivity index (χ3v) is 2.06. The topological polar surface area (TPSA) is 52.5 Å². The standard InChI is InChI=1S/C10H23NO2/c1-7(12)6-9(10(3,4)5)11-8(2)13/h7-9,11-13H,6H2,1-5H3. The van der Waals surface area contributed by atoms with E-state index in [1.54, 1.807) is 13.8 Å². The van der Waals surface area contributed by atoms with Gasteiger partial charge in [0, 0.05) is 6.04 Å². The number of aliphatic hydroxyl groups is 2. The smallest absolute Gasteiger partial charge is 0.102 e. The maximum Gasteiger partial charge on any atom is 0.102 e. The maximum absolute atomic E-state index is 9.28. The van der Waals surface area contributed by atoms with E-state index in [1.807, 2.05) is 0 Å². The first-order valence-electron chi connectivity index (χ1n) is 4.85. The van der Waals surface area contributed by atoms with Gasteiger partial charge in [0.1, 0.15) is 6.23 Å². The van der Waals surface area contributed by atoms with Crippen molar-refractivity contribution < 1.29 is 10.2 Å². The van der Waals surface area contributed by atoms with Gasteiger partial charge < -0.3 is 10.2 Å². The molecule has 0 fully saturated rings. The van der Waals surface area contributed by atoms with Crippen LogP contribution in [0.3, 0.4) is 0 Å². The molecule has 0 bridgehead atoms. The first-order chi connectivity index (χ1) is 5.73. The predicted molar refractivity (Wildman–Crippen MR) is 54.4 cm³/mol. The van der Waals surface area contributed by atoms with Gasteiger partial charge in [-0.05, 0) is 25.7 Å². The van der Waals surface area contributed by atoms with Crippen molar-refractivity contribution in [3.8, 4) is 0 Å². The highest BCUT2D eigenvalue weighted by molar-refractivity contribution is 4.82. The molecule has 80 valence electrons. The van der Waals surface area contributed by atoms with E-state index in [1.165, 1.54) is 0 Å². The lowest BCUT2D eigenvalue weighted by atomic mass is 9.83. The zero-order chi connectivity index (χ0) is 10.6. The molecule has 3 N–H and O–H groups in total. The van der Waals surface area contributed by atoms with Crippen LogP contribution in [-0.2, 0) is 0 Å². The molecule has 0 radical (unpaired) electrons. The molecule has 0 aliphatic rings. The highest BCUT2D eigenvalue weighted by Crippen LogP contribution is 2.23. The lowest BCUT2D eigenvalue weighted by molar-refractivity contribution is 0.0772. The number of hydrogen-bond donors (Lipinski definition) is 3. The van der Waals surface area contributed by atoms with Crippen molar-refractivity contribution in [2.75, 3.05) is 0 Å². The number of aliphatic hydroxyl groups excluding tert-OH is 2. The molecule has 0 aliphatic heterocycles. The molecule has 0 spiro atoms. The monoisotopic (exact) mass is 189 g/mol. The van der Waals surface area contributed by atoms with Crippen LogP contribution in [0.15, 0.2) is 0 Å². The molecule has 0 aliphatic carbocycles. The van der Waals surface area contributed by atoms with Crippen molar-refractivity contribution in [2.45, 2.75) is 59.4 Å². The summed E-state index contributed by atoms with van der Waals surface area (Å²) in [4.78, 5) is 0. The molecule has 13 heavy (non-hydrogen) atoms. The van der Waals surface area contributed by atoms with Crippen molar-refractivity contribution >= 4 is 0 Å². The van der Waals surface area contributed by atoms with Crippen LogP contribution >= 0.6 is 0 Å². The minimum Gasteiger partial charge on any atom is -0.393 e. The average Bonchev–Trinajstić information content (AvgIpc) is 1.81. The summed E-state index contributed by atoms with van der Waals surface area (Å²) in [5.41, 5.74) is 0.0496. The molecule has 3 unspecified atom stereocenters. The second-order valence-corrected chi connectivity index (χ2v) is 4.85. The fraction of sp³-hybridized carbons (Fsp3) is 1.00. The van der Waals surface area contributed by atoms with Gasteiger partial charge >= 0.3 is 0 Å². The van der Waals surface area contributed by atoms with E-state index >= 15 is 0 Å². The average molecular weight is 189 g/mol. The second kappa shape index (κ2) is 4.94. The fourth-order valence-electron chi connectivity index (χ4n) is 1.30. The number of nitrogens with one attached hydrogen (secondary N) is 1. The molecule has 0 aromatic heterocycles. The Morgan fingerprint density at radius 1 is 1.15 bits per heavy atom. The van der Waals surface area contributed by atoms with Crippen LogP contribution in [0, 0.1) is 5.41 Å². The zero-order valence-corrected chi connectivity index (χ0v) is 9.33. The predicted octanol–water partition coefficient (Wildman–Crippen LogP) is 1.10. The van der Waals surface area contributed by atoms with E-state index in [0.717, 1.165) is 0 Å². The van der Waals surface area contributed by atoms with E-state index in [-0.39, 0.29) is 17.6 Å². The third kappa shape index (κ3) is 6.02. The van der Waals surface area contributed by atoms with Crippen molar-refractivity contribution in [2.24, 2.45) is 5.41 Å². The van der Waals surface area contributed by atoms with Crippen LogP contribution in [0.25, 0.3) is 0 Å². The minimum atomic E-state index is -0.525. The summed E-state index contributed by atoms with van der Waals surface area (Å²) in [6.07, 6.45) is -0.201. The molecule has 3 heteroatoms. The Balaban J connectivity index is 4.20. The van der Waals surface area contributed by atoms with E-state index in [0.29, 0.717) is 6.42 Å². The molecule has 0 saturated heterocycles. The quantitative estimate of drug-likeness (QED) is 0.580. The van der Waals surface area contributed by atoms with Gasteiger partial charge in [-0.1, -0.05) is 20.8 Å². The van der Waals surface area contributed by atoms with E-state index in [2.05, 4.69) is 26.1 Å². The van der Waals surface area contributed by atoms with E-state index in [9.17, 15) is 10.2 Å². The molecule has 0 heterocycles. The summed E-state index contributed by atoms with van der Waals surface area (Å²) in [5.74, 6) is 0. The minimum absolute atomic E-state index is 0.0496. The van der Waals surface area contributed by atoms with Crippen LogP contribution in [0.4, 0.5) is 0 Å². The Labute approximate surface area is 81.2 Å². The molecule has 3 atom stereocenters. The largest absolute Gasteiger partial charge is 0.393 e. The van der Waals surface area contributed by atoms with Crippen molar-refractivity contribution in [1.29, 1.82) is 0 Å². The van der Waals surface area contributed by atoms with Gasteiger partial charge in [0.05, 0.1) is 6.10 Å². The Bertz CT molecular complexity index is 128. The van der Waals surface area contributed by atoms with Gasteiger partial charge in [-0.2, -0.15) is 0 Å². The summed E-state index contributed by atoms with van der Waals surface area (Å²) in [6, 6.07) is 0.132. The van der Waals surface area contributed by atoms with Gasteiger partial charge in [0.2, 0.25) is 0 Å². The van der Waals surface area contributed by atoms with Gasteiger partial charge in [-0.15, -0.1) is 0 Å². The molecule has 0 aromatic rings. The SMILES string of the molecule is CC(O)CC(NC(C)O)C(C)(C)C. The number of hydrogen-bond acceptors (Lipinski definition) is 3. The summed E-state index contributed by atoms with van der Waals surface area (Å²) < 4.78 is 0. The highest BCUT2D eigenvalue weighted by Gasteiger charge is 2.26. The van der Waals surface area contributed by atoms with Crippen LogP contribution in [0.2, 0.25) is 0 Å². The molecular formula is C10H23NO2. The molecule has 0 rings (SSSR count). The van der Waals surface area contributed by atoms with Crippen LogP contribution < -0.4 is 5.32 Å². The Morgan fingerprint density at radius 2 is 1.62 bits per heavy atom. The fourth-order valence-corrected chi connectivity index (χ4v) is 1.30. The normalized spacial score (nSPS) is 19.6. The lowest BCUT2D eigenvalue weighted by Gasteiger charge is -2.33. The molecule has 0 aromatic carbocycles. The van der Waals surface area contributed by atoms with Crippen molar-refractivity contribution in [3.63, 3.8) is 0 Å².